The van der Waals surface area contributed by atoms with Crippen LogP contribution >= 0.6 is 0 Å². The van der Waals surface area contributed by atoms with Gasteiger partial charge in [-0.25, -0.2) is 19.3 Å². The summed E-state index contributed by atoms with van der Waals surface area (Å²) < 4.78 is 18.9. The number of nitrogens with one attached hydrogen (secondary N) is 1. The van der Waals surface area contributed by atoms with E-state index >= 15 is 0 Å². The molecule has 1 aliphatic carbocycles. The van der Waals surface area contributed by atoms with Crippen molar-refractivity contribution in [2.24, 2.45) is 10.4 Å². The van der Waals surface area contributed by atoms with Crippen molar-refractivity contribution in [2.75, 3.05) is 12.8 Å². The van der Waals surface area contributed by atoms with Crippen LogP contribution in [0.15, 0.2) is 4.99 Å². The maximum Gasteiger partial charge on any atom is 0.417 e. The Morgan fingerprint density at radius 2 is 1.56 bits per heavy atom. The van der Waals surface area contributed by atoms with Gasteiger partial charge in [-0.15, -0.1) is 0 Å². The quantitative estimate of drug-likeness (QED) is 0.129. The lowest BCUT2D eigenvalue weighted by molar-refractivity contribution is 0.108. The molecule has 0 aromatic heterocycles. The lowest BCUT2D eigenvalue weighted by Crippen LogP contribution is -2.55. The number of imide groups is 1. The summed E-state index contributed by atoms with van der Waals surface area (Å²) in [6.45, 7) is 23.2. The first kappa shape index (κ1) is 35.7. The Balaban J connectivity index is 2.88. The molecule has 0 bridgehead atoms. The second kappa shape index (κ2) is 14.5. The second-order valence-electron chi connectivity index (χ2n) is 13.9. The Kier molecular flexibility index (Phi) is 13.3. The number of rotatable bonds is 14. The number of hydrogen-bond donors (Lipinski definition) is 1. The van der Waals surface area contributed by atoms with Crippen LogP contribution in [0, 0.1) is 5.41 Å². The minimum atomic E-state index is -2.43. The molecule has 0 heterocycles. The average Bonchev–Trinajstić information content (AvgIpc) is 2.73. The largest absolute Gasteiger partial charge is 0.450 e. The molecule has 2 unspecified atom stereocenters. The van der Waals surface area contributed by atoms with Gasteiger partial charge in [-0.05, 0) is 83.3 Å². The summed E-state index contributed by atoms with van der Waals surface area (Å²) in [7, 11) is -6.69. The van der Waals surface area contributed by atoms with Gasteiger partial charge in [0, 0.05) is 12.6 Å². The fourth-order valence-corrected chi connectivity index (χ4v) is 19.4. The second-order valence-corrected chi connectivity index (χ2v) is 26.1. The maximum absolute atomic E-state index is 13.3. The number of isocyanates is 1. The Labute approximate surface area is 240 Å². The fourth-order valence-electron chi connectivity index (χ4n) is 5.94. The van der Waals surface area contributed by atoms with Gasteiger partial charge in [0.05, 0.1) is 5.54 Å². The molecule has 1 aliphatic rings. The SMILES string of the molecule is CCCCN(C(=O)NC1CC(C)(C)CC(C)(N=C=O)C1)C(=O)OC[Si](C)(C)O[Si](C)(C)O[Si](C)(C)CCCC. The molecule has 1 N–H and O–H groups in total. The Bertz CT molecular complexity index is 877. The third kappa shape index (κ3) is 13.3. The minimum absolute atomic E-state index is 0.125. The van der Waals surface area contributed by atoms with E-state index in [1.165, 1.54) is 0 Å². The summed E-state index contributed by atoms with van der Waals surface area (Å²) in [5, 5.41) is 3.02. The minimum Gasteiger partial charge on any atom is -0.450 e. The van der Waals surface area contributed by atoms with Crippen LogP contribution in [0.3, 0.4) is 0 Å². The van der Waals surface area contributed by atoms with Crippen LogP contribution in [0.2, 0.25) is 45.3 Å². The van der Waals surface area contributed by atoms with Crippen molar-refractivity contribution in [3.05, 3.63) is 0 Å². The third-order valence-corrected chi connectivity index (χ3v) is 17.7. The molecule has 3 amide bonds. The van der Waals surface area contributed by atoms with Crippen molar-refractivity contribution in [1.29, 1.82) is 0 Å². The normalized spacial score (nSPS) is 21.6. The standard InChI is InChI=1S/C27H55N3O6Si3/c1-12-14-16-30(24(32)29-23-18-26(3,4)20-27(5,19-23)28-21-31)25(33)34-22-38(8,9)36-39(10,11)35-37(6,7)17-15-13-2/h23H,12-20,22H2,1-11H3,(H,29,32). The van der Waals surface area contributed by atoms with Gasteiger partial charge in [-0.1, -0.05) is 47.0 Å². The van der Waals surface area contributed by atoms with E-state index in [0.29, 0.717) is 12.8 Å². The van der Waals surface area contributed by atoms with E-state index in [1.54, 1.807) is 6.08 Å². The highest BCUT2D eigenvalue weighted by molar-refractivity contribution is 6.87. The van der Waals surface area contributed by atoms with Crippen LogP contribution < -0.4 is 5.32 Å². The summed E-state index contributed by atoms with van der Waals surface area (Å²) in [6, 6.07) is 0.398. The van der Waals surface area contributed by atoms with E-state index < -0.39 is 42.9 Å². The number of amides is 3. The third-order valence-electron chi connectivity index (χ3n) is 6.91. The van der Waals surface area contributed by atoms with Crippen molar-refractivity contribution in [2.45, 2.75) is 136 Å². The smallest absolute Gasteiger partial charge is 0.417 e. The molecule has 0 aliphatic heterocycles. The van der Waals surface area contributed by atoms with E-state index in [9.17, 15) is 14.4 Å². The van der Waals surface area contributed by atoms with Gasteiger partial charge >= 0.3 is 20.7 Å². The molecular formula is C27H55N3O6Si3. The number of hydrogen-bond acceptors (Lipinski definition) is 7. The van der Waals surface area contributed by atoms with Crippen LogP contribution in [0.25, 0.3) is 0 Å². The lowest BCUT2D eigenvalue weighted by atomic mass is 9.67. The van der Waals surface area contributed by atoms with E-state index in [4.69, 9.17) is 13.0 Å². The van der Waals surface area contributed by atoms with E-state index in [2.05, 4.69) is 57.3 Å². The zero-order valence-corrected chi connectivity index (χ0v) is 29.5. The summed E-state index contributed by atoms with van der Waals surface area (Å²) >= 11 is 0. The molecule has 0 spiro atoms. The number of carbonyl (C=O) groups is 2. The molecule has 12 heteroatoms. The Morgan fingerprint density at radius 3 is 2.13 bits per heavy atom. The molecule has 9 nitrogen and oxygen atoms in total. The molecule has 2 atom stereocenters. The summed E-state index contributed by atoms with van der Waals surface area (Å²) in [6.07, 6.45) is 6.94. The molecule has 0 radical (unpaired) electrons. The number of unbranched alkanes of at least 4 members (excludes halogenated alkanes) is 2. The first-order valence-corrected chi connectivity index (χ1v) is 23.6. The van der Waals surface area contributed by atoms with Gasteiger partial charge in [0.15, 0.2) is 8.32 Å². The maximum atomic E-state index is 13.3. The van der Waals surface area contributed by atoms with Crippen molar-refractivity contribution < 1.29 is 27.4 Å². The van der Waals surface area contributed by atoms with Gasteiger partial charge < -0.3 is 18.3 Å². The van der Waals surface area contributed by atoms with Crippen molar-refractivity contribution in [3.63, 3.8) is 0 Å². The lowest BCUT2D eigenvalue weighted by Gasteiger charge is -2.44. The van der Waals surface area contributed by atoms with Crippen LogP contribution in [0.4, 0.5) is 9.59 Å². The molecule has 0 saturated heterocycles. The van der Waals surface area contributed by atoms with Gasteiger partial charge in [0.2, 0.25) is 14.4 Å². The van der Waals surface area contributed by atoms with E-state index in [0.717, 1.165) is 43.0 Å². The molecule has 1 fully saturated rings. The van der Waals surface area contributed by atoms with Crippen LogP contribution in [0.1, 0.15) is 79.6 Å². The topological polar surface area (TPSA) is 107 Å². The Morgan fingerprint density at radius 1 is 0.974 bits per heavy atom. The van der Waals surface area contributed by atoms with Gasteiger partial charge in [-0.2, -0.15) is 4.99 Å². The van der Waals surface area contributed by atoms with Gasteiger partial charge in [-0.3, -0.25) is 0 Å². The molecule has 1 rings (SSSR count). The van der Waals surface area contributed by atoms with E-state index in [1.807, 2.05) is 26.9 Å². The van der Waals surface area contributed by atoms with Crippen molar-refractivity contribution >= 4 is 43.4 Å². The number of ether oxygens (including phenoxy) is 1. The Hall–Kier alpha value is -1.31. The monoisotopic (exact) mass is 601 g/mol. The highest BCUT2D eigenvalue weighted by Gasteiger charge is 2.43. The molecule has 226 valence electrons. The predicted octanol–water partition coefficient (Wildman–Crippen LogP) is 7.09. The summed E-state index contributed by atoms with van der Waals surface area (Å²) in [5.41, 5.74) is -0.727. The zero-order valence-electron chi connectivity index (χ0n) is 26.5. The summed E-state index contributed by atoms with van der Waals surface area (Å²) in [5.74, 6) is 0. The number of aliphatic imine (C=N–C) groups is 1. The molecule has 39 heavy (non-hydrogen) atoms. The van der Waals surface area contributed by atoms with Gasteiger partial charge in [0.1, 0.15) is 6.23 Å². The van der Waals surface area contributed by atoms with Crippen LogP contribution in [-0.2, 0) is 17.8 Å². The number of carbonyl (C=O) groups excluding carboxylic acids is 3. The molecular weight excluding hydrogens is 547 g/mol. The number of urea groups is 1. The van der Waals surface area contributed by atoms with Crippen molar-refractivity contribution in [3.8, 4) is 0 Å². The number of nitrogens with zero attached hydrogens (tertiary/aromatic N) is 2. The zero-order chi connectivity index (χ0) is 30.1. The van der Waals surface area contributed by atoms with Crippen molar-refractivity contribution in [1.82, 2.24) is 10.2 Å². The first-order chi connectivity index (χ1) is 17.8. The van der Waals surface area contributed by atoms with Gasteiger partial charge in [0.25, 0.3) is 0 Å². The molecule has 0 aromatic rings. The van der Waals surface area contributed by atoms with E-state index in [-0.39, 0.29) is 24.2 Å². The molecule has 0 aromatic carbocycles. The average molecular weight is 602 g/mol. The summed E-state index contributed by atoms with van der Waals surface area (Å²) in [4.78, 5) is 42.7. The fraction of sp³-hybridized carbons (Fsp3) is 0.889. The highest BCUT2D eigenvalue weighted by atomic mass is 28.5. The molecule has 1 saturated carbocycles. The van der Waals surface area contributed by atoms with Crippen LogP contribution in [-0.4, -0.2) is 72.7 Å². The predicted molar refractivity (Wildman–Crippen MR) is 164 cm³/mol. The van der Waals surface area contributed by atoms with Crippen LogP contribution in [0.5, 0.6) is 0 Å². The first-order valence-electron chi connectivity index (χ1n) is 14.5. The highest BCUT2D eigenvalue weighted by Crippen LogP contribution is 2.42.